The lowest BCUT2D eigenvalue weighted by Gasteiger charge is -2.70. The second-order valence-electron chi connectivity index (χ2n) is 20.5. The van der Waals surface area contributed by atoms with Gasteiger partial charge in [0.15, 0.2) is 30.6 Å². The maximum absolute atomic E-state index is 14.9. The lowest BCUT2D eigenvalue weighted by Crippen LogP contribution is -2.69. The average molecular weight is 839 g/mol. The summed E-state index contributed by atoms with van der Waals surface area (Å²) in [5.74, 6) is -5.02. The van der Waals surface area contributed by atoms with Gasteiger partial charge >= 0.3 is 17.9 Å². The third-order valence-corrected chi connectivity index (χ3v) is 17.4. The zero-order valence-corrected chi connectivity index (χ0v) is 34.5. The molecule has 2 aliphatic heterocycles. The molecule has 0 aromatic carbocycles. The zero-order valence-electron chi connectivity index (χ0n) is 34.5. The minimum atomic E-state index is -2.10. The molecule has 0 amide bonds. The average Bonchev–Trinajstić information content (AvgIpc) is 3.16. The first-order valence-corrected chi connectivity index (χ1v) is 20.9. The smallest absolute Gasteiger partial charge is 0.335 e. The normalized spacial score (nSPS) is 53.5. The summed E-state index contributed by atoms with van der Waals surface area (Å²) in [4.78, 5) is 51.4. The molecule has 0 spiro atoms. The number of hydrogen-bond donors (Lipinski definition) is 9. The molecule has 5 aliphatic carbocycles. The van der Waals surface area contributed by atoms with E-state index in [1.165, 1.54) is 0 Å². The van der Waals surface area contributed by atoms with E-state index >= 15 is 0 Å². The van der Waals surface area contributed by atoms with Crippen molar-refractivity contribution in [3.8, 4) is 0 Å². The van der Waals surface area contributed by atoms with Gasteiger partial charge in [-0.05, 0) is 104 Å². The number of carboxylic acids is 3. The molecule has 4 saturated carbocycles. The second kappa shape index (κ2) is 14.8. The van der Waals surface area contributed by atoms with Crippen LogP contribution in [-0.4, -0.2) is 144 Å². The van der Waals surface area contributed by atoms with Gasteiger partial charge in [0, 0.05) is 11.3 Å². The minimum Gasteiger partial charge on any atom is -0.481 e. The number of ether oxygens (including phenoxy) is 4. The van der Waals surface area contributed by atoms with Gasteiger partial charge in [-0.15, -0.1) is 0 Å². The molecular weight excluding hydrogens is 776 g/mol. The quantitative estimate of drug-likeness (QED) is 0.155. The summed E-state index contributed by atoms with van der Waals surface area (Å²) in [7, 11) is 0. The molecule has 7 aliphatic rings. The van der Waals surface area contributed by atoms with Gasteiger partial charge in [-0.2, -0.15) is 0 Å². The summed E-state index contributed by atoms with van der Waals surface area (Å²) in [5, 5.41) is 94.3. The summed E-state index contributed by atoms with van der Waals surface area (Å²) in [6, 6.07) is 0. The summed E-state index contributed by atoms with van der Waals surface area (Å²) < 4.78 is 23.2. The fourth-order valence-electron chi connectivity index (χ4n) is 13.4. The molecule has 17 heteroatoms. The van der Waals surface area contributed by atoms with Gasteiger partial charge in [-0.25, -0.2) is 9.59 Å². The van der Waals surface area contributed by atoms with E-state index in [4.69, 9.17) is 18.9 Å². The first-order valence-electron chi connectivity index (χ1n) is 20.9. The van der Waals surface area contributed by atoms with Gasteiger partial charge in [0.1, 0.15) is 36.6 Å². The first-order chi connectivity index (χ1) is 27.3. The van der Waals surface area contributed by atoms with Crippen LogP contribution in [0.2, 0.25) is 0 Å². The van der Waals surface area contributed by atoms with Crippen LogP contribution in [0.3, 0.4) is 0 Å². The number of aliphatic hydroxyl groups excluding tert-OH is 6. The number of allylic oxidation sites excluding steroid dienone is 2. The number of carboxylic acid groups (broad SMARTS) is 3. The zero-order chi connectivity index (χ0) is 43.6. The van der Waals surface area contributed by atoms with Crippen molar-refractivity contribution >= 4 is 23.7 Å². The van der Waals surface area contributed by atoms with E-state index in [9.17, 15) is 65.1 Å². The maximum atomic E-state index is 14.9. The molecule has 7 rings (SSSR count). The van der Waals surface area contributed by atoms with E-state index in [2.05, 4.69) is 27.7 Å². The van der Waals surface area contributed by atoms with Crippen LogP contribution in [-0.2, 0) is 38.1 Å². The highest BCUT2D eigenvalue weighted by Crippen LogP contribution is 2.75. The van der Waals surface area contributed by atoms with E-state index in [1.807, 2.05) is 19.9 Å². The van der Waals surface area contributed by atoms with E-state index in [0.717, 1.165) is 24.8 Å². The number of rotatable bonds is 8. The Hall–Kier alpha value is -2.58. The number of carbonyl (C=O) groups is 4. The predicted octanol–water partition coefficient (Wildman–Crippen LogP) is 1.22. The maximum Gasteiger partial charge on any atom is 0.335 e. The van der Waals surface area contributed by atoms with Crippen LogP contribution >= 0.6 is 0 Å². The molecule has 2 saturated heterocycles. The number of carbonyl (C=O) groups excluding carboxylic acids is 1. The molecular formula is C42H62O17. The Morgan fingerprint density at radius 2 is 1.32 bits per heavy atom. The largest absolute Gasteiger partial charge is 0.481 e. The Kier molecular flexibility index (Phi) is 11.1. The number of aliphatic hydroxyl groups is 6. The molecule has 0 aromatic heterocycles. The lowest BCUT2D eigenvalue weighted by molar-refractivity contribution is -0.372. The molecule has 6 fully saturated rings. The molecule has 0 radical (unpaired) electrons. The van der Waals surface area contributed by atoms with Crippen LogP contribution in [0, 0.1) is 50.2 Å². The minimum absolute atomic E-state index is 0.0119. The highest BCUT2D eigenvalue weighted by molar-refractivity contribution is 5.95. The van der Waals surface area contributed by atoms with Crippen molar-refractivity contribution in [3.05, 3.63) is 11.6 Å². The topological polar surface area (TPSA) is 287 Å². The molecule has 9 N–H and O–H groups in total. The summed E-state index contributed by atoms with van der Waals surface area (Å²) >= 11 is 0. The second-order valence-corrected chi connectivity index (χ2v) is 20.5. The van der Waals surface area contributed by atoms with Crippen LogP contribution in [0.1, 0.15) is 99.3 Å². The highest BCUT2D eigenvalue weighted by atomic mass is 16.8. The van der Waals surface area contributed by atoms with Gasteiger partial charge in [0.05, 0.1) is 18.1 Å². The van der Waals surface area contributed by atoms with Gasteiger partial charge in [0.2, 0.25) is 0 Å². The van der Waals surface area contributed by atoms with Gasteiger partial charge < -0.3 is 64.9 Å². The van der Waals surface area contributed by atoms with Crippen LogP contribution in [0.5, 0.6) is 0 Å². The Morgan fingerprint density at radius 3 is 1.92 bits per heavy atom. The van der Waals surface area contributed by atoms with E-state index in [1.54, 1.807) is 0 Å². The van der Waals surface area contributed by atoms with E-state index in [0.29, 0.717) is 32.1 Å². The number of fused-ring (bicyclic) bond motifs is 7. The third kappa shape index (κ3) is 6.46. The number of aliphatic carboxylic acids is 3. The van der Waals surface area contributed by atoms with E-state index < -0.39 is 125 Å². The Bertz CT molecular complexity index is 1750. The molecule has 59 heavy (non-hydrogen) atoms. The van der Waals surface area contributed by atoms with Crippen LogP contribution in [0.25, 0.3) is 0 Å². The fourth-order valence-corrected chi connectivity index (χ4v) is 13.4. The van der Waals surface area contributed by atoms with Crippen LogP contribution in [0.15, 0.2) is 11.6 Å². The van der Waals surface area contributed by atoms with Crippen LogP contribution in [0.4, 0.5) is 0 Å². The molecule has 1 unspecified atom stereocenters. The van der Waals surface area contributed by atoms with Crippen molar-refractivity contribution in [2.45, 2.75) is 167 Å². The molecule has 0 aromatic rings. The monoisotopic (exact) mass is 838 g/mol. The number of ketones is 1. The summed E-state index contributed by atoms with van der Waals surface area (Å²) in [6.45, 7) is 12.0. The van der Waals surface area contributed by atoms with Gasteiger partial charge in [0.25, 0.3) is 0 Å². The third-order valence-electron chi connectivity index (χ3n) is 17.4. The SMILES string of the molecule is CC1(CO)[C@@H](O[C@H]2O[C@H](C(=O)O)[C@@H](O)[C@H](O)[C@H]2O[C@@H]2O[C@H](C(=O)O)[C@@H](O)[C@H](O)[C@H]2O)CC[C@@]2(C)[C@H]1CC[C@]1(C)[C@H]2C(=O)C=C2[C@H]3C[C@@](C)(C(=O)O)CC[C@]3(C)CC[C@]21C. The lowest BCUT2D eigenvalue weighted by atomic mass is 9.33. The Balaban J connectivity index is 1.19. The molecule has 17 nitrogen and oxygen atoms in total. The summed E-state index contributed by atoms with van der Waals surface area (Å²) in [6.07, 6.45) is -13.8. The van der Waals surface area contributed by atoms with Crippen molar-refractivity contribution in [1.82, 2.24) is 0 Å². The van der Waals surface area contributed by atoms with Crippen molar-refractivity contribution < 1.29 is 84.1 Å². The molecule has 2 heterocycles. The summed E-state index contributed by atoms with van der Waals surface area (Å²) in [5.41, 5.74) is -2.63. The van der Waals surface area contributed by atoms with Crippen molar-refractivity contribution in [2.24, 2.45) is 50.2 Å². The Labute approximate surface area is 342 Å². The Morgan fingerprint density at radius 1 is 0.729 bits per heavy atom. The number of hydrogen-bond acceptors (Lipinski definition) is 14. The molecule has 20 atom stereocenters. The van der Waals surface area contributed by atoms with Gasteiger partial charge in [-0.1, -0.05) is 40.2 Å². The van der Waals surface area contributed by atoms with Gasteiger partial charge in [-0.3, -0.25) is 9.59 Å². The van der Waals surface area contributed by atoms with Crippen molar-refractivity contribution in [2.75, 3.05) is 6.61 Å². The standard InChI is InChI=1S/C42H62O17/c1-37-11-12-38(2,36(54)55)16-19(37)18-15-20(44)31-39(3)9-8-22(40(4,17-43)21(39)7-10-42(31,6)41(18,5)14-13-37)56-35-30(26(48)25(47)29(58-35)33(52)53)59-34-27(49)23(45)24(46)28(57-34)32(50)51/h15,19,21-31,34-35,43,45-49H,7-14,16-17H2,1-6H3,(H,50,51)(H,52,53)(H,54,55)/t19-,21-,22+,23+,24+,25+,26+,27-,28+,29+,30-,31+,34+,35+,37-,38+,39+,40?,41-,42-/m1/s1. The highest BCUT2D eigenvalue weighted by Gasteiger charge is 2.71. The molecule has 0 bridgehead atoms. The van der Waals surface area contributed by atoms with Crippen molar-refractivity contribution in [1.29, 1.82) is 0 Å². The predicted molar refractivity (Wildman–Crippen MR) is 201 cm³/mol. The van der Waals surface area contributed by atoms with Crippen molar-refractivity contribution in [3.63, 3.8) is 0 Å². The fraction of sp³-hybridized carbons (Fsp3) is 0.857. The van der Waals surface area contributed by atoms with E-state index in [-0.39, 0.29) is 29.5 Å². The van der Waals surface area contributed by atoms with Crippen LogP contribution < -0.4 is 0 Å². The first kappa shape index (κ1) is 44.5. The molecule has 332 valence electrons.